The molecule has 0 aliphatic heterocycles. The van der Waals surface area contributed by atoms with Crippen molar-refractivity contribution in [2.75, 3.05) is 6.26 Å². The first-order chi connectivity index (χ1) is 9.43. The predicted molar refractivity (Wildman–Crippen MR) is 70.4 cm³/mol. The van der Waals surface area contributed by atoms with E-state index in [9.17, 15) is 8.42 Å². The summed E-state index contributed by atoms with van der Waals surface area (Å²) in [6, 6.07) is 3.95. The number of hydrogen-bond donors (Lipinski definition) is 0. The van der Waals surface area contributed by atoms with Gasteiger partial charge in [-0.1, -0.05) is 0 Å². The summed E-state index contributed by atoms with van der Waals surface area (Å²) in [5.41, 5.74) is 1.02. The molecule has 4 bridgehead atoms. The van der Waals surface area contributed by atoms with Crippen molar-refractivity contribution in [1.29, 1.82) is 10.5 Å². The maximum Gasteiger partial charge on any atom is 0.264 e. The summed E-state index contributed by atoms with van der Waals surface area (Å²) in [6.07, 6.45) is 4.40. The smallest absolute Gasteiger partial charge is 0.264 e. The average molecular weight is 292 g/mol. The molecule has 0 N–H and O–H groups in total. The lowest BCUT2D eigenvalue weighted by atomic mass is 9.52. The van der Waals surface area contributed by atoms with Crippen molar-refractivity contribution >= 4 is 10.1 Å². The third-order valence-corrected chi connectivity index (χ3v) is 5.50. The van der Waals surface area contributed by atoms with E-state index in [-0.39, 0.29) is 29.4 Å². The minimum atomic E-state index is -3.52. The summed E-state index contributed by atoms with van der Waals surface area (Å²) in [4.78, 5) is 0. The molecule has 0 spiro atoms. The molecule has 0 aromatic carbocycles. The standard InChI is InChI=1S/C14H16N2O3S/c1-20(17,18)19-14-10-3-8-2-9(5-10)13(12(14)4-8)11(6-15)7-16/h8-10,12,14H,2-5H2,1H3/t8?,9?,10?,12?,14-/m0/s1. The molecule has 0 heterocycles. The number of rotatable bonds is 2. The van der Waals surface area contributed by atoms with Crippen LogP contribution in [-0.4, -0.2) is 20.8 Å². The van der Waals surface area contributed by atoms with Gasteiger partial charge in [0.15, 0.2) is 0 Å². The van der Waals surface area contributed by atoms with Crippen LogP contribution in [0.15, 0.2) is 11.1 Å². The molecule has 5 nitrogen and oxygen atoms in total. The highest BCUT2D eigenvalue weighted by molar-refractivity contribution is 7.86. The Labute approximate surface area is 119 Å². The molecule has 0 aromatic rings. The molecule has 4 aliphatic carbocycles. The third-order valence-electron chi connectivity index (χ3n) is 4.93. The number of hydrogen-bond acceptors (Lipinski definition) is 5. The topological polar surface area (TPSA) is 90.9 Å². The van der Waals surface area contributed by atoms with Crippen LogP contribution in [-0.2, 0) is 14.3 Å². The SMILES string of the molecule is CS(=O)(=O)O[C@H]1C2CC3CC(C2)C(=C(C#N)C#N)C1C3. The number of nitrogens with zero attached hydrogens (tertiary/aromatic N) is 2. The maximum absolute atomic E-state index is 11.5. The van der Waals surface area contributed by atoms with E-state index in [1.54, 1.807) is 0 Å². The van der Waals surface area contributed by atoms with Crippen LogP contribution >= 0.6 is 0 Å². The number of nitriles is 2. The Balaban J connectivity index is 2.02. The Morgan fingerprint density at radius 3 is 2.50 bits per heavy atom. The van der Waals surface area contributed by atoms with Crippen molar-refractivity contribution in [3.05, 3.63) is 11.1 Å². The van der Waals surface area contributed by atoms with Crippen LogP contribution in [0.3, 0.4) is 0 Å². The summed E-state index contributed by atoms with van der Waals surface area (Å²) in [7, 11) is -3.52. The van der Waals surface area contributed by atoms with E-state index in [1.807, 2.05) is 12.1 Å². The van der Waals surface area contributed by atoms with E-state index in [0.29, 0.717) is 5.92 Å². The van der Waals surface area contributed by atoms with Crippen LogP contribution in [0, 0.1) is 46.3 Å². The normalized spacial score (nSPS) is 38.4. The highest BCUT2D eigenvalue weighted by Gasteiger charge is 2.53. The zero-order valence-electron chi connectivity index (χ0n) is 11.2. The molecule has 0 aromatic heterocycles. The molecular weight excluding hydrogens is 276 g/mol. The van der Waals surface area contributed by atoms with E-state index in [4.69, 9.17) is 14.7 Å². The molecule has 4 unspecified atom stereocenters. The van der Waals surface area contributed by atoms with Gasteiger partial charge in [0, 0.05) is 5.92 Å². The first-order valence-electron chi connectivity index (χ1n) is 6.85. The molecule has 0 amide bonds. The van der Waals surface area contributed by atoms with Crippen LogP contribution in [0.2, 0.25) is 0 Å². The fourth-order valence-electron chi connectivity index (χ4n) is 4.52. The maximum atomic E-state index is 11.5. The van der Waals surface area contributed by atoms with Crippen molar-refractivity contribution in [2.24, 2.45) is 23.7 Å². The van der Waals surface area contributed by atoms with Crippen molar-refractivity contribution in [3.8, 4) is 12.1 Å². The van der Waals surface area contributed by atoms with Crippen LogP contribution in [0.5, 0.6) is 0 Å². The lowest BCUT2D eigenvalue weighted by Gasteiger charge is -2.54. The van der Waals surface area contributed by atoms with Gasteiger partial charge in [0.1, 0.15) is 17.7 Å². The zero-order chi connectivity index (χ0) is 14.5. The van der Waals surface area contributed by atoms with E-state index in [0.717, 1.165) is 37.5 Å². The van der Waals surface area contributed by atoms with Gasteiger partial charge >= 0.3 is 0 Å². The molecule has 106 valence electrons. The molecule has 4 saturated carbocycles. The second kappa shape index (κ2) is 4.58. The van der Waals surface area contributed by atoms with Gasteiger partial charge in [0.25, 0.3) is 10.1 Å². The molecule has 0 radical (unpaired) electrons. The van der Waals surface area contributed by atoms with Crippen molar-refractivity contribution < 1.29 is 12.6 Å². The van der Waals surface area contributed by atoms with E-state index >= 15 is 0 Å². The van der Waals surface area contributed by atoms with Gasteiger partial charge in [-0.2, -0.15) is 18.9 Å². The van der Waals surface area contributed by atoms with Gasteiger partial charge < -0.3 is 0 Å². The summed E-state index contributed by atoms with van der Waals surface area (Å²) in [5, 5.41) is 18.3. The third kappa shape index (κ3) is 2.13. The summed E-state index contributed by atoms with van der Waals surface area (Å²) >= 11 is 0. The summed E-state index contributed by atoms with van der Waals surface area (Å²) < 4.78 is 28.2. The molecule has 4 fully saturated rings. The van der Waals surface area contributed by atoms with Crippen molar-refractivity contribution in [1.82, 2.24) is 0 Å². The molecule has 6 heteroatoms. The molecule has 5 atom stereocenters. The Kier molecular flexibility index (Phi) is 3.12. The highest BCUT2D eigenvalue weighted by Crippen LogP contribution is 2.58. The molecule has 4 rings (SSSR count). The van der Waals surface area contributed by atoms with Gasteiger partial charge in [0.2, 0.25) is 0 Å². The largest absolute Gasteiger partial charge is 0.266 e. The van der Waals surface area contributed by atoms with E-state index in [1.165, 1.54) is 0 Å². The summed E-state index contributed by atoms with van der Waals surface area (Å²) in [5.74, 6) is 1.03. The molecule has 20 heavy (non-hydrogen) atoms. The summed E-state index contributed by atoms with van der Waals surface area (Å²) in [6.45, 7) is 0. The monoisotopic (exact) mass is 292 g/mol. The number of allylic oxidation sites excluding steroid dienone is 1. The van der Waals surface area contributed by atoms with Gasteiger partial charge in [-0.05, 0) is 49.0 Å². The predicted octanol–water partition coefficient (Wildman–Crippen LogP) is 1.74. The molecule has 0 saturated heterocycles. The lowest BCUT2D eigenvalue weighted by molar-refractivity contribution is -0.0404. The van der Waals surface area contributed by atoms with Crippen molar-refractivity contribution in [2.45, 2.75) is 31.8 Å². The minimum absolute atomic E-state index is 0.0738. The van der Waals surface area contributed by atoms with Crippen LogP contribution in [0.25, 0.3) is 0 Å². The average Bonchev–Trinajstić information content (AvgIpc) is 2.36. The molecule has 4 aliphatic rings. The Hall–Kier alpha value is -1.37. The first-order valence-corrected chi connectivity index (χ1v) is 8.67. The van der Waals surface area contributed by atoms with Gasteiger partial charge in [-0.3, -0.25) is 4.18 Å². The second-order valence-corrected chi connectivity index (χ2v) is 7.79. The lowest BCUT2D eigenvalue weighted by Crippen LogP contribution is -2.51. The zero-order valence-corrected chi connectivity index (χ0v) is 12.1. The Bertz CT molecular complexity index is 637. The van der Waals surface area contributed by atoms with Gasteiger partial charge in [-0.25, -0.2) is 0 Å². The fourth-order valence-corrected chi connectivity index (χ4v) is 5.21. The Morgan fingerprint density at radius 1 is 1.20 bits per heavy atom. The van der Waals surface area contributed by atoms with Crippen molar-refractivity contribution in [3.63, 3.8) is 0 Å². The van der Waals surface area contributed by atoms with Crippen LogP contribution < -0.4 is 0 Å². The highest BCUT2D eigenvalue weighted by atomic mass is 32.2. The van der Waals surface area contributed by atoms with Gasteiger partial charge in [0.05, 0.1) is 12.4 Å². The molecular formula is C14H16N2O3S. The van der Waals surface area contributed by atoms with E-state index < -0.39 is 10.1 Å². The second-order valence-electron chi connectivity index (χ2n) is 6.19. The minimum Gasteiger partial charge on any atom is -0.266 e. The quantitative estimate of drug-likeness (QED) is 0.571. The van der Waals surface area contributed by atoms with Crippen LogP contribution in [0.4, 0.5) is 0 Å². The first kappa shape index (κ1) is 13.6. The van der Waals surface area contributed by atoms with Gasteiger partial charge in [-0.15, -0.1) is 0 Å². The fraction of sp³-hybridized carbons (Fsp3) is 0.714. The van der Waals surface area contributed by atoms with E-state index in [2.05, 4.69) is 0 Å². The Morgan fingerprint density at radius 2 is 1.90 bits per heavy atom. The van der Waals surface area contributed by atoms with Crippen LogP contribution in [0.1, 0.15) is 25.7 Å².